The minimum Gasteiger partial charge on any atom is -0.497 e. The van der Waals surface area contributed by atoms with E-state index in [-0.39, 0.29) is 11.5 Å². The second-order valence-corrected chi connectivity index (χ2v) is 7.75. The van der Waals surface area contributed by atoms with Gasteiger partial charge in [-0.15, -0.1) is 0 Å². The van der Waals surface area contributed by atoms with Crippen molar-refractivity contribution in [3.05, 3.63) is 47.0 Å². The Morgan fingerprint density at radius 1 is 1.00 bits per heavy atom. The van der Waals surface area contributed by atoms with Crippen molar-refractivity contribution in [3.8, 4) is 23.0 Å². The third kappa shape index (κ3) is 3.09. The van der Waals surface area contributed by atoms with Crippen LogP contribution in [-0.4, -0.2) is 26.4 Å². The first-order chi connectivity index (χ1) is 12.5. The van der Waals surface area contributed by atoms with E-state index in [0.29, 0.717) is 6.61 Å². The van der Waals surface area contributed by atoms with Gasteiger partial charge in [0.15, 0.2) is 0 Å². The molecule has 0 N–H and O–H groups in total. The van der Waals surface area contributed by atoms with Gasteiger partial charge in [-0.05, 0) is 56.4 Å². The summed E-state index contributed by atoms with van der Waals surface area (Å²) >= 11 is 0. The minimum atomic E-state index is -0.120. The number of benzene rings is 2. The van der Waals surface area contributed by atoms with Gasteiger partial charge in [-0.2, -0.15) is 0 Å². The number of hydrogen-bond donors (Lipinski definition) is 0. The van der Waals surface area contributed by atoms with Crippen molar-refractivity contribution in [1.82, 2.24) is 0 Å². The zero-order valence-electron chi connectivity index (χ0n) is 15.9. The van der Waals surface area contributed by atoms with Crippen molar-refractivity contribution in [2.24, 2.45) is 0 Å². The Morgan fingerprint density at radius 2 is 1.85 bits per heavy atom. The van der Waals surface area contributed by atoms with E-state index in [4.69, 9.17) is 18.9 Å². The van der Waals surface area contributed by atoms with Crippen LogP contribution in [0.15, 0.2) is 30.3 Å². The molecule has 2 aliphatic heterocycles. The molecule has 0 saturated heterocycles. The summed E-state index contributed by atoms with van der Waals surface area (Å²) < 4.78 is 23.2. The molecule has 0 radical (unpaired) electrons. The molecule has 2 aromatic rings. The summed E-state index contributed by atoms with van der Waals surface area (Å²) in [5.41, 5.74) is 3.56. The van der Waals surface area contributed by atoms with Crippen molar-refractivity contribution in [2.75, 3.05) is 20.8 Å². The van der Waals surface area contributed by atoms with Gasteiger partial charge in [0.1, 0.15) is 28.6 Å². The monoisotopic (exact) mass is 354 g/mol. The third-order valence-electron chi connectivity index (χ3n) is 5.42. The third-order valence-corrected chi connectivity index (χ3v) is 5.42. The Labute approximate surface area is 155 Å². The highest BCUT2D eigenvalue weighted by Crippen LogP contribution is 2.42. The molecule has 0 fully saturated rings. The summed E-state index contributed by atoms with van der Waals surface area (Å²) in [6.07, 6.45) is 2.98. The maximum atomic E-state index is 6.16. The zero-order valence-corrected chi connectivity index (χ0v) is 15.9. The van der Waals surface area contributed by atoms with Crippen LogP contribution in [-0.2, 0) is 12.8 Å². The van der Waals surface area contributed by atoms with E-state index in [2.05, 4.69) is 32.0 Å². The molecule has 0 amide bonds. The number of methoxy groups -OCH3 is 2. The van der Waals surface area contributed by atoms with Gasteiger partial charge in [0.2, 0.25) is 0 Å². The van der Waals surface area contributed by atoms with Crippen molar-refractivity contribution in [2.45, 2.75) is 44.6 Å². The van der Waals surface area contributed by atoms with Gasteiger partial charge >= 0.3 is 0 Å². The quantitative estimate of drug-likeness (QED) is 0.812. The number of ether oxygens (including phenoxy) is 4. The smallest absolute Gasteiger partial charge is 0.127 e. The Hall–Kier alpha value is -2.36. The average molecular weight is 354 g/mol. The maximum absolute atomic E-state index is 6.16. The normalized spacial score (nSPS) is 20.2. The minimum absolute atomic E-state index is 0.120. The van der Waals surface area contributed by atoms with E-state index in [1.165, 1.54) is 16.7 Å². The fourth-order valence-electron chi connectivity index (χ4n) is 3.87. The number of hydrogen-bond acceptors (Lipinski definition) is 4. The number of rotatable bonds is 3. The molecule has 0 bridgehead atoms. The molecule has 138 valence electrons. The van der Waals surface area contributed by atoms with Crippen LogP contribution >= 0.6 is 0 Å². The fraction of sp³-hybridized carbons (Fsp3) is 0.455. The van der Waals surface area contributed by atoms with Crippen LogP contribution in [0.25, 0.3) is 0 Å². The van der Waals surface area contributed by atoms with Gasteiger partial charge in [-0.1, -0.05) is 6.07 Å². The summed E-state index contributed by atoms with van der Waals surface area (Å²) in [5.74, 6) is 3.85. The molecule has 1 atom stereocenters. The van der Waals surface area contributed by atoms with Crippen LogP contribution in [0.3, 0.4) is 0 Å². The van der Waals surface area contributed by atoms with Crippen molar-refractivity contribution in [3.63, 3.8) is 0 Å². The lowest BCUT2D eigenvalue weighted by molar-refractivity contribution is 0.0842. The largest absolute Gasteiger partial charge is 0.497 e. The highest BCUT2D eigenvalue weighted by molar-refractivity contribution is 5.51. The zero-order chi connectivity index (χ0) is 18.3. The molecule has 4 heteroatoms. The highest BCUT2D eigenvalue weighted by Gasteiger charge is 2.30. The van der Waals surface area contributed by atoms with Gasteiger partial charge in [0, 0.05) is 23.6 Å². The van der Waals surface area contributed by atoms with E-state index in [9.17, 15) is 0 Å². The lowest BCUT2D eigenvalue weighted by atomic mass is 9.86. The highest BCUT2D eigenvalue weighted by atomic mass is 16.5. The van der Waals surface area contributed by atoms with Crippen LogP contribution in [0.2, 0.25) is 0 Å². The van der Waals surface area contributed by atoms with Crippen LogP contribution in [0, 0.1) is 0 Å². The van der Waals surface area contributed by atoms with E-state index in [0.717, 1.165) is 42.3 Å². The lowest BCUT2D eigenvalue weighted by Gasteiger charge is -2.34. The SMILES string of the molecule is COc1ccc2c(c1)OCC(c1cc3c(cc1OC)OC(C)(C)CC3)C2. The van der Waals surface area contributed by atoms with E-state index >= 15 is 0 Å². The topological polar surface area (TPSA) is 36.9 Å². The molecule has 2 heterocycles. The standard InChI is InChI=1S/C22H26O4/c1-22(2)8-7-15-10-18(21(24-4)12-20(15)26-22)16-9-14-5-6-17(23-3)11-19(14)25-13-16/h5-6,10-12,16H,7-9,13H2,1-4H3. The van der Waals surface area contributed by atoms with Crippen LogP contribution in [0.5, 0.6) is 23.0 Å². The summed E-state index contributed by atoms with van der Waals surface area (Å²) in [6, 6.07) is 10.4. The van der Waals surface area contributed by atoms with Crippen molar-refractivity contribution < 1.29 is 18.9 Å². The molecule has 2 aliphatic rings. The summed E-state index contributed by atoms with van der Waals surface area (Å²) in [5, 5.41) is 0. The summed E-state index contributed by atoms with van der Waals surface area (Å²) in [4.78, 5) is 0. The predicted octanol–water partition coefficient (Wildman–Crippen LogP) is 4.53. The second kappa shape index (κ2) is 6.42. The van der Waals surface area contributed by atoms with Gasteiger partial charge in [0.05, 0.1) is 20.8 Å². The van der Waals surface area contributed by atoms with Gasteiger partial charge in [0.25, 0.3) is 0 Å². The van der Waals surface area contributed by atoms with Crippen LogP contribution in [0.4, 0.5) is 0 Å². The molecule has 26 heavy (non-hydrogen) atoms. The first kappa shape index (κ1) is 17.1. The molecule has 2 aromatic carbocycles. The van der Waals surface area contributed by atoms with E-state index < -0.39 is 0 Å². The van der Waals surface area contributed by atoms with Crippen molar-refractivity contribution >= 4 is 0 Å². The molecule has 0 aliphatic carbocycles. The fourth-order valence-corrected chi connectivity index (χ4v) is 3.87. The Bertz CT molecular complexity index is 825. The Kier molecular flexibility index (Phi) is 4.22. The molecule has 0 spiro atoms. The van der Waals surface area contributed by atoms with Crippen LogP contribution < -0.4 is 18.9 Å². The Balaban J connectivity index is 1.65. The van der Waals surface area contributed by atoms with Gasteiger partial charge < -0.3 is 18.9 Å². The van der Waals surface area contributed by atoms with E-state index in [1.807, 2.05) is 12.1 Å². The first-order valence-corrected chi connectivity index (χ1v) is 9.18. The summed E-state index contributed by atoms with van der Waals surface area (Å²) in [6.45, 7) is 4.91. The summed E-state index contributed by atoms with van der Waals surface area (Å²) in [7, 11) is 3.40. The number of fused-ring (bicyclic) bond motifs is 2. The van der Waals surface area contributed by atoms with Crippen LogP contribution in [0.1, 0.15) is 42.9 Å². The van der Waals surface area contributed by atoms with Gasteiger partial charge in [-0.25, -0.2) is 0 Å². The molecular formula is C22H26O4. The first-order valence-electron chi connectivity index (χ1n) is 9.18. The molecule has 4 nitrogen and oxygen atoms in total. The maximum Gasteiger partial charge on any atom is 0.127 e. The van der Waals surface area contributed by atoms with Gasteiger partial charge in [-0.3, -0.25) is 0 Å². The van der Waals surface area contributed by atoms with E-state index in [1.54, 1.807) is 14.2 Å². The molecular weight excluding hydrogens is 328 g/mol. The molecule has 1 unspecified atom stereocenters. The lowest BCUT2D eigenvalue weighted by Crippen LogP contribution is -2.32. The Morgan fingerprint density at radius 3 is 2.62 bits per heavy atom. The molecule has 0 saturated carbocycles. The predicted molar refractivity (Wildman–Crippen MR) is 101 cm³/mol. The molecule has 0 aromatic heterocycles. The number of aryl methyl sites for hydroxylation is 1. The average Bonchev–Trinajstić information content (AvgIpc) is 2.65. The van der Waals surface area contributed by atoms with Crippen molar-refractivity contribution in [1.29, 1.82) is 0 Å². The molecule has 4 rings (SSSR count). The second-order valence-electron chi connectivity index (χ2n) is 7.75.